The van der Waals surface area contributed by atoms with Crippen LogP contribution in [-0.4, -0.2) is 20.5 Å². The van der Waals surface area contributed by atoms with Crippen molar-refractivity contribution >= 4 is 10.0 Å². The van der Waals surface area contributed by atoms with Gasteiger partial charge < -0.3 is 5.32 Å². The molecule has 20 heavy (non-hydrogen) atoms. The monoisotopic (exact) mass is 298 g/mol. The largest absolute Gasteiger partial charge is 0.310 e. The molecule has 0 amide bonds. The molecule has 1 unspecified atom stereocenters. The minimum Gasteiger partial charge on any atom is -0.310 e. The van der Waals surface area contributed by atoms with Crippen molar-refractivity contribution in [3.05, 3.63) is 29.8 Å². The highest BCUT2D eigenvalue weighted by Gasteiger charge is 2.24. The number of hydrogen-bond donors (Lipinski definition) is 2. The van der Waals surface area contributed by atoms with E-state index in [9.17, 15) is 8.42 Å². The third-order valence-electron chi connectivity index (χ3n) is 3.47. The van der Waals surface area contributed by atoms with Gasteiger partial charge in [0.2, 0.25) is 10.0 Å². The van der Waals surface area contributed by atoms with E-state index in [2.05, 4.69) is 10.0 Å². The molecule has 0 bridgehead atoms. The van der Waals surface area contributed by atoms with E-state index in [0.717, 1.165) is 18.5 Å². The number of hydrogen-bond acceptors (Lipinski definition) is 3. The molecule has 0 aliphatic rings. The third kappa shape index (κ3) is 4.58. The molecule has 1 rings (SSSR count). The average Bonchev–Trinajstić information content (AvgIpc) is 2.38. The first-order valence-corrected chi connectivity index (χ1v) is 8.57. The molecule has 4 nitrogen and oxygen atoms in total. The first-order valence-electron chi connectivity index (χ1n) is 7.09. The fourth-order valence-electron chi connectivity index (χ4n) is 1.87. The summed E-state index contributed by atoms with van der Waals surface area (Å²) >= 11 is 0. The fourth-order valence-corrected chi connectivity index (χ4v) is 3.41. The Kier molecular flexibility index (Phi) is 5.74. The van der Waals surface area contributed by atoms with E-state index in [1.807, 2.05) is 40.7 Å². The molecular weight excluding hydrogens is 272 g/mol. The summed E-state index contributed by atoms with van der Waals surface area (Å²) in [5, 5.41) is 3.28. The molecule has 1 atom stereocenters. The minimum atomic E-state index is -3.48. The van der Waals surface area contributed by atoms with Crippen LogP contribution in [0.4, 0.5) is 0 Å². The van der Waals surface area contributed by atoms with Crippen LogP contribution >= 0.6 is 0 Å². The van der Waals surface area contributed by atoms with Crippen molar-refractivity contribution in [2.75, 3.05) is 6.54 Å². The standard InChI is InChI=1S/C15H26N2O2S/c1-6-15(4,5)17-20(18,19)14-10-8-9-13(11-14)12(3)16-7-2/h8-12,16-17H,6-7H2,1-5H3. The van der Waals surface area contributed by atoms with Crippen molar-refractivity contribution in [3.8, 4) is 0 Å². The van der Waals surface area contributed by atoms with Crippen molar-refractivity contribution in [2.45, 2.75) is 57.5 Å². The molecule has 0 saturated carbocycles. The van der Waals surface area contributed by atoms with E-state index in [4.69, 9.17) is 0 Å². The van der Waals surface area contributed by atoms with Gasteiger partial charge in [0, 0.05) is 11.6 Å². The van der Waals surface area contributed by atoms with Gasteiger partial charge in [0.1, 0.15) is 0 Å². The molecule has 0 radical (unpaired) electrons. The normalized spacial score (nSPS) is 14.2. The van der Waals surface area contributed by atoms with Crippen LogP contribution in [-0.2, 0) is 10.0 Å². The van der Waals surface area contributed by atoms with Gasteiger partial charge in [0.05, 0.1) is 4.90 Å². The fraction of sp³-hybridized carbons (Fsp3) is 0.600. The van der Waals surface area contributed by atoms with Crippen LogP contribution in [0.15, 0.2) is 29.2 Å². The van der Waals surface area contributed by atoms with Crippen LogP contribution in [0.3, 0.4) is 0 Å². The smallest absolute Gasteiger partial charge is 0.241 e. The van der Waals surface area contributed by atoms with Gasteiger partial charge in [0.25, 0.3) is 0 Å². The number of nitrogens with one attached hydrogen (secondary N) is 2. The third-order valence-corrected chi connectivity index (χ3v) is 5.17. The first kappa shape index (κ1) is 17.1. The van der Waals surface area contributed by atoms with E-state index in [1.54, 1.807) is 18.2 Å². The summed E-state index contributed by atoms with van der Waals surface area (Å²) in [5.74, 6) is 0. The molecule has 1 aromatic rings. The first-order chi connectivity index (χ1) is 9.22. The summed E-state index contributed by atoms with van der Waals surface area (Å²) in [6.45, 7) is 10.6. The Morgan fingerprint density at radius 1 is 1.25 bits per heavy atom. The van der Waals surface area contributed by atoms with Crippen molar-refractivity contribution < 1.29 is 8.42 Å². The van der Waals surface area contributed by atoms with Gasteiger partial charge in [-0.25, -0.2) is 13.1 Å². The summed E-state index contributed by atoms with van der Waals surface area (Å²) in [4.78, 5) is 0.321. The summed E-state index contributed by atoms with van der Waals surface area (Å²) < 4.78 is 27.6. The second-order valence-corrected chi connectivity index (χ2v) is 7.38. The topological polar surface area (TPSA) is 58.2 Å². The lowest BCUT2D eigenvalue weighted by Crippen LogP contribution is -2.42. The Morgan fingerprint density at radius 3 is 2.45 bits per heavy atom. The zero-order valence-corrected chi connectivity index (χ0v) is 13.8. The predicted molar refractivity (Wildman–Crippen MR) is 83.2 cm³/mol. The second-order valence-electron chi connectivity index (χ2n) is 5.69. The lowest BCUT2D eigenvalue weighted by Gasteiger charge is -2.24. The second kappa shape index (κ2) is 6.70. The molecule has 5 heteroatoms. The van der Waals surface area contributed by atoms with E-state index >= 15 is 0 Å². The lowest BCUT2D eigenvalue weighted by molar-refractivity contribution is 0.439. The van der Waals surface area contributed by atoms with Crippen molar-refractivity contribution in [2.24, 2.45) is 0 Å². The maximum Gasteiger partial charge on any atom is 0.241 e. The van der Waals surface area contributed by atoms with Crippen LogP contribution < -0.4 is 10.0 Å². The molecule has 2 N–H and O–H groups in total. The summed E-state index contributed by atoms with van der Waals surface area (Å²) in [6.07, 6.45) is 0.736. The van der Waals surface area contributed by atoms with E-state index in [1.165, 1.54) is 0 Å². The van der Waals surface area contributed by atoms with Gasteiger partial charge in [-0.2, -0.15) is 0 Å². The number of benzene rings is 1. The van der Waals surface area contributed by atoms with E-state index in [0.29, 0.717) is 4.90 Å². The Bertz CT molecular complexity index is 539. The Labute approximate surface area is 123 Å². The van der Waals surface area contributed by atoms with Gasteiger partial charge in [-0.1, -0.05) is 26.0 Å². The van der Waals surface area contributed by atoms with Gasteiger partial charge in [-0.15, -0.1) is 0 Å². The zero-order chi connectivity index (χ0) is 15.4. The number of sulfonamides is 1. The summed E-state index contributed by atoms with van der Waals surface area (Å²) in [6, 6.07) is 7.24. The molecule has 0 aromatic heterocycles. The van der Waals surface area contributed by atoms with E-state index in [-0.39, 0.29) is 6.04 Å². The molecule has 0 aliphatic heterocycles. The van der Waals surface area contributed by atoms with Crippen molar-refractivity contribution in [1.82, 2.24) is 10.0 Å². The molecule has 0 spiro atoms. The van der Waals surface area contributed by atoms with Crippen LogP contribution in [0.5, 0.6) is 0 Å². The zero-order valence-electron chi connectivity index (χ0n) is 13.0. The Morgan fingerprint density at radius 2 is 1.90 bits per heavy atom. The molecule has 0 fully saturated rings. The maximum absolute atomic E-state index is 12.4. The SMILES string of the molecule is CCNC(C)c1cccc(S(=O)(=O)NC(C)(C)CC)c1. The van der Waals surface area contributed by atoms with Gasteiger partial charge in [-0.3, -0.25) is 0 Å². The van der Waals surface area contributed by atoms with Crippen LogP contribution in [0, 0.1) is 0 Å². The van der Waals surface area contributed by atoms with Crippen LogP contribution in [0.25, 0.3) is 0 Å². The highest BCUT2D eigenvalue weighted by molar-refractivity contribution is 7.89. The molecular formula is C15H26N2O2S. The van der Waals surface area contributed by atoms with Gasteiger partial charge in [0.15, 0.2) is 0 Å². The maximum atomic E-state index is 12.4. The Balaban J connectivity index is 3.05. The van der Waals surface area contributed by atoms with Gasteiger partial charge in [-0.05, 0) is 51.4 Å². The average molecular weight is 298 g/mol. The Hall–Kier alpha value is -0.910. The van der Waals surface area contributed by atoms with Gasteiger partial charge >= 0.3 is 0 Å². The van der Waals surface area contributed by atoms with E-state index < -0.39 is 15.6 Å². The quantitative estimate of drug-likeness (QED) is 0.814. The predicted octanol–water partition coefficient (Wildman–Crippen LogP) is 2.82. The molecule has 0 heterocycles. The lowest BCUT2D eigenvalue weighted by atomic mass is 10.0. The molecule has 0 aliphatic carbocycles. The van der Waals surface area contributed by atoms with Crippen molar-refractivity contribution in [1.29, 1.82) is 0 Å². The molecule has 0 saturated heterocycles. The highest BCUT2D eigenvalue weighted by atomic mass is 32.2. The van der Waals surface area contributed by atoms with Crippen LogP contribution in [0.1, 0.15) is 52.6 Å². The highest BCUT2D eigenvalue weighted by Crippen LogP contribution is 2.19. The van der Waals surface area contributed by atoms with Crippen molar-refractivity contribution in [3.63, 3.8) is 0 Å². The summed E-state index contributed by atoms with van der Waals surface area (Å²) in [7, 11) is -3.48. The minimum absolute atomic E-state index is 0.134. The molecule has 1 aromatic carbocycles. The number of rotatable bonds is 7. The molecule has 114 valence electrons. The van der Waals surface area contributed by atoms with Crippen LogP contribution in [0.2, 0.25) is 0 Å². The summed E-state index contributed by atoms with van der Waals surface area (Å²) in [5.41, 5.74) is 0.534.